The molecule has 114 valence electrons. The van der Waals surface area contributed by atoms with E-state index in [1.165, 1.54) is 6.07 Å². The summed E-state index contributed by atoms with van der Waals surface area (Å²) in [5, 5.41) is 0. The molecule has 2 nitrogen and oxygen atoms in total. The van der Waals surface area contributed by atoms with Gasteiger partial charge in [-0.25, -0.2) is 4.39 Å². The smallest absolute Gasteiger partial charge is 0.123 e. The normalized spacial score (nSPS) is 13.1. The SMILES string of the molecule is CCC(CC)N(CC(C)C)c1ccc(F)cc1C(C)N. The molecule has 2 N–H and O–H groups in total. The lowest BCUT2D eigenvalue weighted by Crippen LogP contribution is -2.38. The number of hydrogen-bond donors (Lipinski definition) is 1. The van der Waals surface area contributed by atoms with Crippen LogP contribution in [-0.2, 0) is 0 Å². The van der Waals surface area contributed by atoms with Gasteiger partial charge in [-0.1, -0.05) is 27.7 Å². The van der Waals surface area contributed by atoms with Gasteiger partial charge in [-0.3, -0.25) is 0 Å². The predicted octanol–water partition coefficient (Wildman–Crippen LogP) is 4.50. The van der Waals surface area contributed by atoms with E-state index < -0.39 is 0 Å². The zero-order valence-electron chi connectivity index (χ0n) is 13.5. The van der Waals surface area contributed by atoms with Gasteiger partial charge in [-0.2, -0.15) is 0 Å². The maximum Gasteiger partial charge on any atom is 0.123 e. The van der Waals surface area contributed by atoms with Crippen LogP contribution in [0.25, 0.3) is 0 Å². The Hall–Kier alpha value is -1.09. The highest BCUT2D eigenvalue weighted by atomic mass is 19.1. The summed E-state index contributed by atoms with van der Waals surface area (Å²) in [6, 6.07) is 5.31. The lowest BCUT2D eigenvalue weighted by atomic mass is 10.0. The van der Waals surface area contributed by atoms with Gasteiger partial charge >= 0.3 is 0 Å². The molecule has 0 radical (unpaired) electrons. The molecule has 0 bridgehead atoms. The van der Waals surface area contributed by atoms with Gasteiger partial charge in [0.1, 0.15) is 5.82 Å². The number of nitrogens with two attached hydrogens (primary N) is 1. The zero-order valence-corrected chi connectivity index (χ0v) is 13.5. The monoisotopic (exact) mass is 280 g/mol. The molecule has 0 aliphatic carbocycles. The lowest BCUT2D eigenvalue weighted by molar-refractivity contribution is 0.504. The first-order valence-corrected chi connectivity index (χ1v) is 7.72. The van der Waals surface area contributed by atoms with Crippen LogP contribution in [0.4, 0.5) is 10.1 Å². The fourth-order valence-electron chi connectivity index (χ4n) is 2.72. The summed E-state index contributed by atoms with van der Waals surface area (Å²) >= 11 is 0. The summed E-state index contributed by atoms with van der Waals surface area (Å²) in [7, 11) is 0. The molecule has 0 aliphatic heterocycles. The van der Waals surface area contributed by atoms with Crippen molar-refractivity contribution in [3.05, 3.63) is 29.6 Å². The van der Waals surface area contributed by atoms with Gasteiger partial charge in [-0.15, -0.1) is 0 Å². The van der Waals surface area contributed by atoms with Crippen LogP contribution >= 0.6 is 0 Å². The summed E-state index contributed by atoms with van der Waals surface area (Å²) in [4.78, 5) is 2.41. The summed E-state index contributed by atoms with van der Waals surface area (Å²) in [6.07, 6.45) is 2.16. The van der Waals surface area contributed by atoms with Gasteiger partial charge < -0.3 is 10.6 Å². The minimum atomic E-state index is -0.213. The molecule has 0 heterocycles. The molecule has 0 fully saturated rings. The van der Waals surface area contributed by atoms with Crippen LogP contribution < -0.4 is 10.6 Å². The molecule has 1 aromatic carbocycles. The van der Waals surface area contributed by atoms with Crippen molar-refractivity contribution >= 4 is 5.69 Å². The van der Waals surface area contributed by atoms with Gasteiger partial charge in [0.25, 0.3) is 0 Å². The molecule has 1 rings (SSSR count). The van der Waals surface area contributed by atoms with E-state index in [1.54, 1.807) is 6.07 Å². The minimum Gasteiger partial charge on any atom is -0.368 e. The number of hydrogen-bond acceptors (Lipinski definition) is 2. The Balaban J connectivity index is 3.25. The Kier molecular flexibility index (Phi) is 6.47. The number of nitrogens with zero attached hydrogens (tertiary/aromatic N) is 1. The van der Waals surface area contributed by atoms with Gasteiger partial charge in [0, 0.05) is 24.3 Å². The second-order valence-corrected chi connectivity index (χ2v) is 6.01. The largest absolute Gasteiger partial charge is 0.368 e. The maximum atomic E-state index is 13.5. The van der Waals surface area contributed by atoms with E-state index in [1.807, 2.05) is 13.0 Å². The average molecular weight is 280 g/mol. The van der Waals surface area contributed by atoms with E-state index in [9.17, 15) is 4.39 Å². The van der Waals surface area contributed by atoms with E-state index in [0.717, 1.165) is 30.6 Å². The predicted molar refractivity (Wildman–Crippen MR) is 85.6 cm³/mol. The molecule has 1 atom stereocenters. The first-order chi connectivity index (χ1) is 9.40. The third kappa shape index (κ3) is 4.20. The lowest BCUT2D eigenvalue weighted by Gasteiger charge is -2.36. The van der Waals surface area contributed by atoms with Crippen LogP contribution in [0, 0.1) is 11.7 Å². The van der Waals surface area contributed by atoms with Gasteiger partial charge in [-0.05, 0) is 49.4 Å². The van der Waals surface area contributed by atoms with Crippen molar-refractivity contribution in [1.29, 1.82) is 0 Å². The number of anilines is 1. The van der Waals surface area contributed by atoms with Gasteiger partial charge in [0.05, 0.1) is 0 Å². The second kappa shape index (κ2) is 7.63. The summed E-state index contributed by atoms with van der Waals surface area (Å²) in [5.41, 5.74) is 8.03. The van der Waals surface area contributed by atoms with Gasteiger partial charge in [0.15, 0.2) is 0 Å². The molecular weight excluding hydrogens is 251 g/mol. The highest BCUT2D eigenvalue weighted by molar-refractivity contribution is 5.56. The maximum absolute atomic E-state index is 13.5. The summed E-state index contributed by atoms with van der Waals surface area (Å²) in [6.45, 7) is 11.7. The summed E-state index contributed by atoms with van der Waals surface area (Å²) < 4.78 is 13.5. The number of benzene rings is 1. The molecule has 20 heavy (non-hydrogen) atoms. The van der Waals surface area contributed by atoms with E-state index in [2.05, 4.69) is 32.6 Å². The van der Waals surface area contributed by atoms with Crippen LogP contribution in [0.2, 0.25) is 0 Å². The minimum absolute atomic E-state index is 0.162. The van der Waals surface area contributed by atoms with Crippen molar-refractivity contribution < 1.29 is 4.39 Å². The highest BCUT2D eigenvalue weighted by Gasteiger charge is 2.21. The topological polar surface area (TPSA) is 29.3 Å². The Bertz CT molecular complexity index is 411. The molecule has 3 heteroatoms. The molecule has 0 aliphatic rings. The Morgan fingerprint density at radius 1 is 1.15 bits per heavy atom. The van der Waals surface area contributed by atoms with Crippen LogP contribution in [0.3, 0.4) is 0 Å². The first-order valence-electron chi connectivity index (χ1n) is 7.72. The molecule has 0 spiro atoms. The molecule has 1 unspecified atom stereocenters. The Morgan fingerprint density at radius 3 is 2.20 bits per heavy atom. The molecule has 0 saturated heterocycles. The van der Waals surface area contributed by atoms with Crippen molar-refractivity contribution in [3.8, 4) is 0 Å². The van der Waals surface area contributed by atoms with Crippen LogP contribution in [-0.4, -0.2) is 12.6 Å². The first kappa shape index (κ1) is 17.0. The summed E-state index contributed by atoms with van der Waals surface area (Å²) in [5.74, 6) is 0.344. The van der Waals surface area contributed by atoms with Crippen molar-refractivity contribution in [1.82, 2.24) is 0 Å². The van der Waals surface area contributed by atoms with E-state index in [-0.39, 0.29) is 11.9 Å². The third-order valence-electron chi connectivity index (χ3n) is 3.73. The average Bonchev–Trinajstić information content (AvgIpc) is 2.38. The fourth-order valence-corrected chi connectivity index (χ4v) is 2.72. The zero-order chi connectivity index (χ0) is 15.3. The highest BCUT2D eigenvalue weighted by Crippen LogP contribution is 2.30. The third-order valence-corrected chi connectivity index (χ3v) is 3.73. The van der Waals surface area contributed by atoms with Crippen molar-refractivity contribution in [2.45, 2.75) is 59.5 Å². The van der Waals surface area contributed by atoms with E-state index in [0.29, 0.717) is 12.0 Å². The van der Waals surface area contributed by atoms with E-state index >= 15 is 0 Å². The molecule has 0 saturated carbocycles. The Morgan fingerprint density at radius 2 is 1.75 bits per heavy atom. The van der Waals surface area contributed by atoms with Crippen LogP contribution in [0.15, 0.2) is 18.2 Å². The molecule has 1 aromatic rings. The molecule has 0 amide bonds. The molecule has 0 aromatic heterocycles. The fraction of sp³-hybridized carbons (Fsp3) is 0.647. The standard InChI is InChI=1S/C17H29FN2/c1-6-15(7-2)20(11-12(3)4)17-9-8-14(18)10-16(17)13(5)19/h8-10,12-13,15H,6-7,11,19H2,1-5H3. The Labute approximate surface area is 123 Å². The van der Waals surface area contributed by atoms with Crippen molar-refractivity contribution in [2.75, 3.05) is 11.4 Å². The van der Waals surface area contributed by atoms with Crippen molar-refractivity contribution in [3.63, 3.8) is 0 Å². The van der Waals surface area contributed by atoms with E-state index in [4.69, 9.17) is 5.73 Å². The van der Waals surface area contributed by atoms with Crippen LogP contribution in [0.5, 0.6) is 0 Å². The second-order valence-electron chi connectivity index (χ2n) is 6.01. The number of halogens is 1. The number of rotatable bonds is 7. The quantitative estimate of drug-likeness (QED) is 0.797. The van der Waals surface area contributed by atoms with Crippen molar-refractivity contribution in [2.24, 2.45) is 11.7 Å². The molecular formula is C17H29FN2. The van der Waals surface area contributed by atoms with Gasteiger partial charge in [0.2, 0.25) is 0 Å². The van der Waals surface area contributed by atoms with Crippen LogP contribution in [0.1, 0.15) is 59.1 Å².